The first-order valence-electron chi connectivity index (χ1n) is 10.7. The second-order valence-electron chi connectivity index (χ2n) is 7.94. The summed E-state index contributed by atoms with van der Waals surface area (Å²) in [4.78, 5) is 48.5. The maximum atomic E-state index is 12.8. The molecule has 1 amide bonds. The predicted molar refractivity (Wildman–Crippen MR) is 121 cm³/mol. The van der Waals surface area contributed by atoms with Gasteiger partial charge in [-0.25, -0.2) is 14.4 Å². The summed E-state index contributed by atoms with van der Waals surface area (Å²) in [5.74, 6) is -2.52. The van der Waals surface area contributed by atoms with Gasteiger partial charge in [-0.05, 0) is 32.3 Å². The van der Waals surface area contributed by atoms with Gasteiger partial charge in [0.25, 0.3) is 5.69 Å². The number of carbonyl (C=O) groups excluding carboxylic acids is 3. The fourth-order valence-corrected chi connectivity index (χ4v) is 3.61. The number of non-ortho nitro benzene ring substituents is 1. The standard InChI is InChI=1S/C23H29N3O8/c1-7-33-22(28)19(12(2)3)25-23(29)34-20-14(5)24-13(4)17(21(27)32-6)18(20)15-9-8-10-16(11-15)26(30)31/h8-12,18-19,24H,7H2,1-6H3,(H,25,29)/t18-,19+/m1/s1. The summed E-state index contributed by atoms with van der Waals surface area (Å²) in [6, 6.07) is 4.72. The third kappa shape index (κ3) is 5.91. The van der Waals surface area contributed by atoms with E-state index >= 15 is 0 Å². The average Bonchev–Trinajstić information content (AvgIpc) is 2.78. The van der Waals surface area contributed by atoms with Crippen molar-refractivity contribution < 1.29 is 33.5 Å². The number of alkyl carbamates (subject to hydrolysis) is 1. The Hall–Kier alpha value is -3.89. The summed E-state index contributed by atoms with van der Waals surface area (Å²) in [6.45, 7) is 8.56. The molecule has 0 unspecified atom stereocenters. The molecule has 11 nitrogen and oxygen atoms in total. The van der Waals surface area contributed by atoms with Gasteiger partial charge in [-0.1, -0.05) is 26.0 Å². The number of dihydropyridines is 1. The Morgan fingerprint density at radius 1 is 1.21 bits per heavy atom. The fraction of sp³-hybridized carbons (Fsp3) is 0.435. The molecule has 2 N–H and O–H groups in total. The SMILES string of the molecule is CCOC(=O)[C@@H](NC(=O)OC1=C(C)NC(C)=C(C(=O)OC)[C@H]1c1cccc([N+](=O)[O-])c1)C(C)C. The quantitative estimate of drug-likeness (QED) is 0.250. The summed E-state index contributed by atoms with van der Waals surface area (Å²) >= 11 is 0. The number of esters is 2. The number of carbonyl (C=O) groups is 3. The topological polar surface area (TPSA) is 146 Å². The minimum Gasteiger partial charge on any atom is -0.466 e. The molecule has 1 heterocycles. The highest BCUT2D eigenvalue weighted by Gasteiger charge is 2.37. The average molecular weight is 475 g/mol. The van der Waals surface area contributed by atoms with Crippen molar-refractivity contribution in [1.82, 2.24) is 10.6 Å². The van der Waals surface area contributed by atoms with Crippen LogP contribution < -0.4 is 10.6 Å². The zero-order chi connectivity index (χ0) is 25.6. The Labute approximate surface area is 197 Å². The summed E-state index contributed by atoms with van der Waals surface area (Å²) < 4.78 is 15.5. The van der Waals surface area contributed by atoms with Crippen LogP contribution in [0.2, 0.25) is 0 Å². The van der Waals surface area contributed by atoms with Crippen LogP contribution in [0, 0.1) is 16.0 Å². The molecule has 0 saturated heterocycles. The Morgan fingerprint density at radius 2 is 1.88 bits per heavy atom. The van der Waals surface area contributed by atoms with Crippen molar-refractivity contribution in [3.63, 3.8) is 0 Å². The number of rotatable bonds is 8. The van der Waals surface area contributed by atoms with Crippen LogP contribution in [0.3, 0.4) is 0 Å². The predicted octanol–water partition coefficient (Wildman–Crippen LogP) is 3.27. The van der Waals surface area contributed by atoms with Gasteiger partial charge in [0.05, 0.1) is 35.8 Å². The van der Waals surface area contributed by atoms with E-state index in [2.05, 4.69) is 10.6 Å². The fourth-order valence-electron chi connectivity index (χ4n) is 3.61. The number of amides is 1. The minimum atomic E-state index is -0.973. The Balaban J connectivity index is 2.49. The van der Waals surface area contributed by atoms with Crippen LogP contribution in [-0.2, 0) is 23.8 Å². The second-order valence-corrected chi connectivity index (χ2v) is 7.94. The van der Waals surface area contributed by atoms with Crippen LogP contribution in [0.5, 0.6) is 0 Å². The maximum absolute atomic E-state index is 12.8. The second kappa shape index (κ2) is 11.3. The van der Waals surface area contributed by atoms with E-state index in [-0.39, 0.29) is 29.5 Å². The number of allylic oxidation sites excluding steroid dienone is 3. The van der Waals surface area contributed by atoms with Gasteiger partial charge < -0.3 is 24.8 Å². The van der Waals surface area contributed by atoms with Crippen LogP contribution >= 0.6 is 0 Å². The largest absolute Gasteiger partial charge is 0.466 e. The van der Waals surface area contributed by atoms with Gasteiger partial charge in [0.2, 0.25) is 0 Å². The lowest BCUT2D eigenvalue weighted by Crippen LogP contribution is -2.46. The normalized spacial score (nSPS) is 16.5. The molecule has 0 aliphatic carbocycles. The maximum Gasteiger partial charge on any atom is 0.413 e. The van der Waals surface area contributed by atoms with E-state index in [4.69, 9.17) is 14.2 Å². The van der Waals surface area contributed by atoms with Gasteiger partial charge in [-0.2, -0.15) is 0 Å². The summed E-state index contributed by atoms with van der Waals surface area (Å²) in [5.41, 5.74) is 1.14. The van der Waals surface area contributed by atoms with E-state index in [0.717, 1.165) is 0 Å². The van der Waals surface area contributed by atoms with E-state index in [1.54, 1.807) is 40.7 Å². The smallest absolute Gasteiger partial charge is 0.413 e. The summed E-state index contributed by atoms with van der Waals surface area (Å²) in [7, 11) is 1.21. The number of benzene rings is 1. The number of nitrogens with zero attached hydrogens (tertiary/aromatic N) is 1. The van der Waals surface area contributed by atoms with Crippen molar-refractivity contribution in [2.24, 2.45) is 5.92 Å². The first-order valence-corrected chi connectivity index (χ1v) is 10.7. The number of hydrogen-bond acceptors (Lipinski definition) is 9. The molecule has 2 rings (SSSR count). The monoisotopic (exact) mass is 475 g/mol. The van der Waals surface area contributed by atoms with Gasteiger partial charge in [0, 0.05) is 17.8 Å². The van der Waals surface area contributed by atoms with Gasteiger partial charge in [-0.15, -0.1) is 0 Å². The zero-order valence-electron chi connectivity index (χ0n) is 20.0. The molecule has 0 fully saturated rings. The molecule has 34 heavy (non-hydrogen) atoms. The van der Waals surface area contributed by atoms with Crippen molar-refractivity contribution >= 4 is 23.7 Å². The lowest BCUT2D eigenvalue weighted by Gasteiger charge is -2.30. The van der Waals surface area contributed by atoms with Crippen molar-refractivity contribution in [2.75, 3.05) is 13.7 Å². The van der Waals surface area contributed by atoms with Crippen LogP contribution in [-0.4, -0.2) is 42.7 Å². The molecule has 2 atom stereocenters. The molecule has 184 valence electrons. The van der Waals surface area contributed by atoms with E-state index in [1.165, 1.54) is 25.3 Å². The van der Waals surface area contributed by atoms with Crippen LogP contribution in [0.25, 0.3) is 0 Å². The minimum absolute atomic E-state index is 0.0374. The lowest BCUT2D eigenvalue weighted by atomic mass is 9.85. The van der Waals surface area contributed by atoms with Crippen LogP contribution in [0.15, 0.2) is 47.0 Å². The molecule has 0 bridgehead atoms. The highest BCUT2D eigenvalue weighted by atomic mass is 16.6. The van der Waals surface area contributed by atoms with E-state index in [9.17, 15) is 24.5 Å². The highest BCUT2D eigenvalue weighted by molar-refractivity contribution is 5.92. The van der Waals surface area contributed by atoms with Gasteiger partial charge >= 0.3 is 18.0 Å². The molecule has 0 aromatic heterocycles. The molecule has 1 aliphatic heterocycles. The highest BCUT2D eigenvalue weighted by Crippen LogP contribution is 2.40. The molecule has 0 radical (unpaired) electrons. The van der Waals surface area contributed by atoms with E-state index < -0.39 is 34.9 Å². The molecule has 11 heteroatoms. The Kier molecular flexibility index (Phi) is 8.76. The van der Waals surface area contributed by atoms with E-state index in [1.807, 2.05) is 0 Å². The van der Waals surface area contributed by atoms with Gasteiger partial charge in [-0.3, -0.25) is 10.1 Å². The van der Waals surface area contributed by atoms with Gasteiger partial charge in [0.15, 0.2) is 0 Å². The number of nitro groups is 1. The first kappa shape index (κ1) is 26.4. The summed E-state index contributed by atoms with van der Waals surface area (Å²) in [6.07, 6.45) is -0.942. The lowest BCUT2D eigenvalue weighted by molar-refractivity contribution is -0.384. The molecule has 1 aromatic rings. The molecule has 1 aliphatic rings. The first-order chi connectivity index (χ1) is 16.0. The summed E-state index contributed by atoms with van der Waals surface area (Å²) in [5, 5.41) is 16.8. The van der Waals surface area contributed by atoms with Crippen molar-refractivity contribution in [3.05, 3.63) is 62.7 Å². The Bertz CT molecular complexity index is 1040. The zero-order valence-corrected chi connectivity index (χ0v) is 20.0. The third-order valence-corrected chi connectivity index (χ3v) is 5.20. The molecule has 0 saturated carbocycles. The van der Waals surface area contributed by atoms with Crippen LogP contribution in [0.4, 0.5) is 10.5 Å². The number of ether oxygens (including phenoxy) is 3. The van der Waals surface area contributed by atoms with Crippen molar-refractivity contribution in [1.29, 1.82) is 0 Å². The third-order valence-electron chi connectivity index (χ3n) is 5.20. The Morgan fingerprint density at radius 3 is 2.44 bits per heavy atom. The van der Waals surface area contributed by atoms with E-state index in [0.29, 0.717) is 17.0 Å². The number of nitro benzene ring substituents is 1. The molecule has 1 aromatic carbocycles. The molecular formula is C23H29N3O8. The number of hydrogen-bond donors (Lipinski definition) is 2. The van der Waals surface area contributed by atoms with Crippen molar-refractivity contribution in [3.8, 4) is 0 Å². The van der Waals surface area contributed by atoms with Crippen LogP contribution in [0.1, 0.15) is 46.1 Å². The van der Waals surface area contributed by atoms with Gasteiger partial charge in [0.1, 0.15) is 11.8 Å². The number of methoxy groups -OCH3 is 1. The molecule has 0 spiro atoms. The van der Waals surface area contributed by atoms with Crippen molar-refractivity contribution in [2.45, 2.75) is 46.6 Å². The number of nitrogens with one attached hydrogen (secondary N) is 2. The molecular weight excluding hydrogens is 446 g/mol.